The number of anilines is 2. The first-order chi connectivity index (χ1) is 7.15. The van der Waals surface area contributed by atoms with Crippen molar-refractivity contribution in [3.63, 3.8) is 0 Å². The summed E-state index contributed by atoms with van der Waals surface area (Å²) >= 11 is 0. The third-order valence-electron chi connectivity index (χ3n) is 2.35. The molecule has 0 aliphatic heterocycles. The van der Waals surface area contributed by atoms with Gasteiger partial charge in [-0.15, -0.1) is 0 Å². The summed E-state index contributed by atoms with van der Waals surface area (Å²) in [6, 6.07) is 3.83. The monoisotopic (exact) mass is 209 g/mol. The third-order valence-corrected chi connectivity index (χ3v) is 2.35. The highest BCUT2D eigenvalue weighted by atomic mass is 16.5. The molecule has 84 valence electrons. The minimum atomic E-state index is 0.740. The first kappa shape index (κ1) is 11.8. The molecule has 4 nitrogen and oxygen atoms in total. The number of pyridine rings is 1. The van der Waals surface area contributed by atoms with Gasteiger partial charge in [0.1, 0.15) is 5.82 Å². The smallest absolute Gasteiger partial charge is 0.128 e. The van der Waals surface area contributed by atoms with Gasteiger partial charge in [-0.2, -0.15) is 0 Å². The van der Waals surface area contributed by atoms with Crippen molar-refractivity contribution in [3.05, 3.63) is 17.8 Å². The molecule has 0 saturated carbocycles. The van der Waals surface area contributed by atoms with Crippen molar-refractivity contribution in [3.8, 4) is 0 Å². The van der Waals surface area contributed by atoms with Crippen LogP contribution >= 0.6 is 0 Å². The zero-order valence-electron chi connectivity index (χ0n) is 9.66. The van der Waals surface area contributed by atoms with E-state index in [-0.39, 0.29) is 0 Å². The largest absolute Gasteiger partial charge is 0.397 e. The standard InChI is InChI=1S/C11H19N3O/c1-9-10(12)5-6-11(13-9)14(2)7-4-8-15-3/h5-6H,4,7-8,12H2,1-3H3. The predicted molar refractivity (Wildman–Crippen MR) is 63.1 cm³/mol. The highest BCUT2D eigenvalue weighted by Gasteiger charge is 2.03. The lowest BCUT2D eigenvalue weighted by Gasteiger charge is -2.18. The molecule has 2 N–H and O–H groups in total. The molecule has 1 rings (SSSR count). The summed E-state index contributed by atoms with van der Waals surface area (Å²) in [6.45, 7) is 3.63. The lowest BCUT2D eigenvalue weighted by molar-refractivity contribution is 0.196. The molecule has 0 spiro atoms. The molecule has 0 unspecified atom stereocenters. The molecule has 0 bridgehead atoms. The van der Waals surface area contributed by atoms with E-state index in [0.717, 1.165) is 36.8 Å². The van der Waals surface area contributed by atoms with Gasteiger partial charge in [0.05, 0.1) is 11.4 Å². The van der Waals surface area contributed by atoms with Crippen LogP contribution in [0.3, 0.4) is 0 Å². The second-order valence-electron chi connectivity index (χ2n) is 3.61. The minimum absolute atomic E-state index is 0.740. The summed E-state index contributed by atoms with van der Waals surface area (Å²) in [5.74, 6) is 0.956. The second-order valence-corrected chi connectivity index (χ2v) is 3.61. The van der Waals surface area contributed by atoms with Crippen LogP contribution in [0, 0.1) is 6.92 Å². The van der Waals surface area contributed by atoms with Gasteiger partial charge in [0, 0.05) is 27.3 Å². The summed E-state index contributed by atoms with van der Waals surface area (Å²) in [7, 11) is 3.74. The SMILES string of the molecule is COCCCN(C)c1ccc(N)c(C)n1. The number of nitrogens with two attached hydrogens (primary N) is 1. The van der Waals surface area contributed by atoms with E-state index in [1.807, 2.05) is 26.1 Å². The first-order valence-corrected chi connectivity index (χ1v) is 5.08. The van der Waals surface area contributed by atoms with Gasteiger partial charge in [0.2, 0.25) is 0 Å². The molecule has 0 aromatic carbocycles. The van der Waals surface area contributed by atoms with Crippen LogP contribution in [0.4, 0.5) is 11.5 Å². The Morgan fingerprint density at radius 2 is 2.20 bits per heavy atom. The highest BCUT2D eigenvalue weighted by molar-refractivity contribution is 5.49. The van der Waals surface area contributed by atoms with E-state index >= 15 is 0 Å². The maximum atomic E-state index is 5.71. The van der Waals surface area contributed by atoms with Crippen molar-refractivity contribution >= 4 is 11.5 Å². The van der Waals surface area contributed by atoms with Crippen molar-refractivity contribution < 1.29 is 4.74 Å². The summed E-state index contributed by atoms with van der Waals surface area (Å²) in [6.07, 6.45) is 0.998. The maximum absolute atomic E-state index is 5.71. The van der Waals surface area contributed by atoms with Crippen LogP contribution in [0.1, 0.15) is 12.1 Å². The third kappa shape index (κ3) is 3.40. The van der Waals surface area contributed by atoms with Crippen LogP contribution in [0.5, 0.6) is 0 Å². The van der Waals surface area contributed by atoms with E-state index in [4.69, 9.17) is 10.5 Å². The molecular formula is C11H19N3O. The summed E-state index contributed by atoms with van der Waals surface area (Å²) in [4.78, 5) is 6.51. The second kappa shape index (κ2) is 5.56. The van der Waals surface area contributed by atoms with Crippen LogP contribution in [0.2, 0.25) is 0 Å². The molecule has 0 saturated heterocycles. The Labute approximate surface area is 91.1 Å². The lowest BCUT2D eigenvalue weighted by atomic mass is 10.3. The van der Waals surface area contributed by atoms with Gasteiger partial charge in [-0.1, -0.05) is 0 Å². The number of nitrogen functional groups attached to an aromatic ring is 1. The highest BCUT2D eigenvalue weighted by Crippen LogP contribution is 2.14. The lowest BCUT2D eigenvalue weighted by Crippen LogP contribution is -2.21. The Kier molecular flexibility index (Phi) is 4.37. The maximum Gasteiger partial charge on any atom is 0.128 e. The van der Waals surface area contributed by atoms with E-state index in [2.05, 4.69) is 9.88 Å². The number of hydrogen-bond donors (Lipinski definition) is 1. The molecule has 0 radical (unpaired) electrons. The molecule has 0 fully saturated rings. The van der Waals surface area contributed by atoms with Crippen molar-refractivity contribution in [1.82, 2.24) is 4.98 Å². The predicted octanol–water partition coefficient (Wildman–Crippen LogP) is 1.44. The zero-order chi connectivity index (χ0) is 11.3. The Morgan fingerprint density at radius 1 is 1.47 bits per heavy atom. The Bertz CT molecular complexity index is 315. The molecule has 15 heavy (non-hydrogen) atoms. The number of nitrogens with zero attached hydrogens (tertiary/aromatic N) is 2. The molecule has 0 aliphatic carbocycles. The van der Waals surface area contributed by atoms with Crippen molar-refractivity contribution in [2.24, 2.45) is 0 Å². The van der Waals surface area contributed by atoms with Gasteiger partial charge < -0.3 is 15.4 Å². The quantitative estimate of drug-likeness (QED) is 0.746. The summed E-state index contributed by atoms with van der Waals surface area (Å²) in [5, 5.41) is 0. The topological polar surface area (TPSA) is 51.4 Å². The Hall–Kier alpha value is -1.29. The minimum Gasteiger partial charge on any atom is -0.397 e. The first-order valence-electron chi connectivity index (χ1n) is 5.08. The number of ether oxygens (including phenoxy) is 1. The van der Waals surface area contributed by atoms with E-state index < -0.39 is 0 Å². The Balaban J connectivity index is 2.57. The van der Waals surface area contributed by atoms with Gasteiger partial charge in [-0.25, -0.2) is 4.98 Å². The van der Waals surface area contributed by atoms with E-state index in [1.165, 1.54) is 0 Å². The number of aromatic nitrogens is 1. The number of methoxy groups -OCH3 is 1. The van der Waals surface area contributed by atoms with Gasteiger partial charge in [-0.05, 0) is 25.5 Å². The fourth-order valence-electron chi connectivity index (χ4n) is 1.33. The molecule has 0 amide bonds. The van der Waals surface area contributed by atoms with Crippen LogP contribution in [0.15, 0.2) is 12.1 Å². The number of aryl methyl sites for hydroxylation is 1. The summed E-state index contributed by atoms with van der Waals surface area (Å²) in [5.41, 5.74) is 7.33. The molecule has 0 atom stereocenters. The fourth-order valence-corrected chi connectivity index (χ4v) is 1.33. The van der Waals surface area contributed by atoms with Gasteiger partial charge in [-0.3, -0.25) is 0 Å². The van der Waals surface area contributed by atoms with Crippen LogP contribution in [0.25, 0.3) is 0 Å². The van der Waals surface area contributed by atoms with Gasteiger partial charge >= 0.3 is 0 Å². The van der Waals surface area contributed by atoms with E-state index in [1.54, 1.807) is 7.11 Å². The number of rotatable bonds is 5. The number of hydrogen-bond acceptors (Lipinski definition) is 4. The molecule has 4 heteroatoms. The van der Waals surface area contributed by atoms with Crippen LogP contribution in [-0.4, -0.2) is 32.3 Å². The van der Waals surface area contributed by atoms with Crippen molar-refractivity contribution in [2.75, 3.05) is 37.9 Å². The molecule has 1 heterocycles. The van der Waals surface area contributed by atoms with Crippen LogP contribution < -0.4 is 10.6 Å². The summed E-state index contributed by atoms with van der Waals surface area (Å²) < 4.78 is 5.00. The molecule has 1 aromatic heterocycles. The average Bonchev–Trinajstić information content (AvgIpc) is 2.22. The zero-order valence-corrected chi connectivity index (χ0v) is 9.66. The van der Waals surface area contributed by atoms with Crippen molar-refractivity contribution in [2.45, 2.75) is 13.3 Å². The van der Waals surface area contributed by atoms with E-state index in [0.29, 0.717) is 0 Å². The van der Waals surface area contributed by atoms with Gasteiger partial charge in [0.15, 0.2) is 0 Å². The molecule has 1 aromatic rings. The molecular weight excluding hydrogens is 190 g/mol. The average molecular weight is 209 g/mol. The normalized spacial score (nSPS) is 10.3. The molecule has 0 aliphatic rings. The van der Waals surface area contributed by atoms with Crippen LogP contribution in [-0.2, 0) is 4.74 Å². The van der Waals surface area contributed by atoms with E-state index in [9.17, 15) is 0 Å². The van der Waals surface area contributed by atoms with Crippen molar-refractivity contribution in [1.29, 1.82) is 0 Å². The fraction of sp³-hybridized carbons (Fsp3) is 0.545. The van der Waals surface area contributed by atoms with Gasteiger partial charge in [0.25, 0.3) is 0 Å². The Morgan fingerprint density at radius 3 is 2.80 bits per heavy atom.